The van der Waals surface area contributed by atoms with E-state index in [1.54, 1.807) is 7.11 Å². The average Bonchev–Trinajstić information content (AvgIpc) is 2.59. The van der Waals surface area contributed by atoms with Crippen LogP contribution >= 0.6 is 0 Å². The molecule has 2 fully saturated rings. The first-order chi connectivity index (χ1) is 12.7. The van der Waals surface area contributed by atoms with Gasteiger partial charge in [0, 0.05) is 13.1 Å². The van der Waals surface area contributed by atoms with Crippen LogP contribution in [0.15, 0.2) is 18.2 Å². The predicted octanol–water partition coefficient (Wildman–Crippen LogP) is 2.91. The molecule has 1 aromatic rings. The van der Waals surface area contributed by atoms with Gasteiger partial charge in [-0.05, 0) is 63.1 Å². The third kappa shape index (κ3) is 5.86. The number of nitrogens with zero attached hydrogens (tertiary/aromatic N) is 2. The minimum atomic E-state index is -0.472. The highest BCUT2D eigenvalue weighted by molar-refractivity contribution is 5.43. The Labute approximate surface area is 157 Å². The van der Waals surface area contributed by atoms with Gasteiger partial charge in [0.25, 0.3) is 0 Å². The molecule has 26 heavy (non-hydrogen) atoms. The van der Waals surface area contributed by atoms with Crippen LogP contribution in [0.25, 0.3) is 0 Å². The summed E-state index contributed by atoms with van der Waals surface area (Å²) >= 11 is 0. The number of aliphatic hydroxyl groups excluding tert-OH is 1. The van der Waals surface area contributed by atoms with Crippen LogP contribution < -0.4 is 9.47 Å². The molecule has 2 aliphatic heterocycles. The first kappa shape index (κ1) is 19.5. The standard InChI is InChI=1S/C21H34N2O3/c1-25-21-14-18(15-22-12-7-13-22)8-9-20(21)26-17-19(24)16-23-10-5-3-2-4-6-11-23/h8-9,14,19,24H,2-7,10-13,15-17H2,1H3/t19-/m0/s1. The quantitative estimate of drug-likeness (QED) is 0.770. The van der Waals surface area contributed by atoms with E-state index < -0.39 is 6.10 Å². The Morgan fingerprint density at radius 3 is 2.27 bits per heavy atom. The van der Waals surface area contributed by atoms with Gasteiger partial charge in [0.05, 0.1) is 7.11 Å². The molecule has 0 spiro atoms. The van der Waals surface area contributed by atoms with Crippen LogP contribution in [0.2, 0.25) is 0 Å². The molecule has 3 rings (SSSR count). The maximum Gasteiger partial charge on any atom is 0.161 e. The Bertz CT molecular complexity index is 540. The zero-order valence-electron chi connectivity index (χ0n) is 16.2. The van der Waals surface area contributed by atoms with Gasteiger partial charge in [-0.1, -0.05) is 25.3 Å². The second-order valence-corrected chi connectivity index (χ2v) is 7.65. The minimum Gasteiger partial charge on any atom is -0.493 e. The molecule has 5 heteroatoms. The first-order valence-corrected chi connectivity index (χ1v) is 10.2. The molecular formula is C21H34N2O3. The number of likely N-dealkylation sites (tertiary alicyclic amines) is 2. The van der Waals surface area contributed by atoms with E-state index in [2.05, 4.69) is 21.9 Å². The molecular weight excluding hydrogens is 328 g/mol. The lowest BCUT2D eigenvalue weighted by molar-refractivity contribution is 0.0644. The van der Waals surface area contributed by atoms with Crippen molar-refractivity contribution >= 4 is 0 Å². The lowest BCUT2D eigenvalue weighted by Crippen LogP contribution is -2.37. The molecule has 0 radical (unpaired) electrons. The molecule has 2 heterocycles. The zero-order chi connectivity index (χ0) is 18.2. The third-order valence-corrected chi connectivity index (χ3v) is 5.43. The van der Waals surface area contributed by atoms with Crippen molar-refractivity contribution in [1.82, 2.24) is 9.80 Å². The Morgan fingerprint density at radius 1 is 0.923 bits per heavy atom. The summed E-state index contributed by atoms with van der Waals surface area (Å²) < 4.78 is 11.4. The molecule has 2 saturated heterocycles. The number of hydrogen-bond donors (Lipinski definition) is 1. The molecule has 0 aromatic heterocycles. The summed E-state index contributed by atoms with van der Waals surface area (Å²) in [6.07, 6.45) is 7.27. The highest BCUT2D eigenvalue weighted by Crippen LogP contribution is 2.29. The van der Waals surface area contributed by atoms with Crippen LogP contribution in [0.5, 0.6) is 11.5 Å². The highest BCUT2D eigenvalue weighted by Gasteiger charge is 2.17. The molecule has 5 nitrogen and oxygen atoms in total. The van der Waals surface area contributed by atoms with Gasteiger partial charge in [0.15, 0.2) is 11.5 Å². The van der Waals surface area contributed by atoms with Gasteiger partial charge >= 0.3 is 0 Å². The normalized spacial score (nSPS) is 20.7. The highest BCUT2D eigenvalue weighted by atomic mass is 16.5. The van der Waals surface area contributed by atoms with Gasteiger partial charge in [-0.25, -0.2) is 0 Å². The number of hydrogen-bond acceptors (Lipinski definition) is 5. The zero-order valence-corrected chi connectivity index (χ0v) is 16.2. The second kappa shape index (κ2) is 10.1. The Hall–Kier alpha value is -1.30. The van der Waals surface area contributed by atoms with Crippen LogP contribution in [-0.2, 0) is 6.54 Å². The summed E-state index contributed by atoms with van der Waals surface area (Å²) in [6, 6.07) is 6.12. The van der Waals surface area contributed by atoms with E-state index in [1.807, 2.05) is 6.07 Å². The molecule has 2 aliphatic rings. The van der Waals surface area contributed by atoms with E-state index in [9.17, 15) is 5.11 Å². The van der Waals surface area contributed by atoms with Gasteiger partial charge in [0.1, 0.15) is 12.7 Å². The van der Waals surface area contributed by atoms with Crippen LogP contribution in [0.4, 0.5) is 0 Å². The van der Waals surface area contributed by atoms with Crippen LogP contribution in [0.1, 0.15) is 44.1 Å². The van der Waals surface area contributed by atoms with Crippen molar-refractivity contribution in [2.75, 3.05) is 46.4 Å². The van der Waals surface area contributed by atoms with E-state index in [-0.39, 0.29) is 0 Å². The SMILES string of the molecule is COc1cc(CN2CCC2)ccc1OC[C@@H](O)CN1CCCCCCC1. The van der Waals surface area contributed by atoms with E-state index in [1.165, 1.54) is 57.2 Å². The molecule has 0 unspecified atom stereocenters. The first-order valence-electron chi connectivity index (χ1n) is 10.2. The number of benzene rings is 1. The van der Waals surface area contributed by atoms with Gasteiger partial charge in [-0.15, -0.1) is 0 Å². The van der Waals surface area contributed by atoms with Crippen molar-refractivity contribution in [2.45, 2.75) is 51.2 Å². The predicted molar refractivity (Wildman–Crippen MR) is 104 cm³/mol. The fourth-order valence-corrected chi connectivity index (χ4v) is 3.76. The summed E-state index contributed by atoms with van der Waals surface area (Å²) in [5.74, 6) is 1.47. The Kier molecular flexibility index (Phi) is 7.59. The monoisotopic (exact) mass is 362 g/mol. The largest absolute Gasteiger partial charge is 0.493 e. The molecule has 1 N–H and O–H groups in total. The smallest absolute Gasteiger partial charge is 0.161 e. The summed E-state index contributed by atoms with van der Waals surface area (Å²) in [6.45, 7) is 6.51. The van der Waals surface area contributed by atoms with E-state index in [0.717, 1.165) is 25.4 Å². The minimum absolute atomic E-state index is 0.304. The van der Waals surface area contributed by atoms with Crippen molar-refractivity contribution in [3.05, 3.63) is 23.8 Å². The summed E-state index contributed by atoms with van der Waals surface area (Å²) in [7, 11) is 1.67. The van der Waals surface area contributed by atoms with E-state index in [4.69, 9.17) is 9.47 Å². The average molecular weight is 363 g/mol. The lowest BCUT2D eigenvalue weighted by atomic mass is 10.1. The Balaban J connectivity index is 1.47. The van der Waals surface area contributed by atoms with Gasteiger partial charge in [-0.3, -0.25) is 4.90 Å². The fourth-order valence-electron chi connectivity index (χ4n) is 3.76. The number of methoxy groups -OCH3 is 1. The molecule has 0 amide bonds. The molecule has 0 bridgehead atoms. The molecule has 146 valence electrons. The second-order valence-electron chi connectivity index (χ2n) is 7.65. The number of rotatable bonds is 8. The number of β-amino-alcohol motifs (C(OH)–C–C–N with tert-alkyl or cyclic N) is 1. The molecule has 0 aliphatic carbocycles. The summed E-state index contributed by atoms with van der Waals surface area (Å²) in [4.78, 5) is 4.79. The van der Waals surface area contributed by atoms with Gasteiger partial charge < -0.3 is 19.5 Å². The lowest BCUT2D eigenvalue weighted by Gasteiger charge is -2.30. The maximum absolute atomic E-state index is 10.4. The summed E-state index contributed by atoms with van der Waals surface area (Å²) in [5.41, 5.74) is 1.25. The van der Waals surface area contributed by atoms with Crippen molar-refractivity contribution in [1.29, 1.82) is 0 Å². The van der Waals surface area contributed by atoms with Crippen molar-refractivity contribution in [3.8, 4) is 11.5 Å². The van der Waals surface area contributed by atoms with E-state index >= 15 is 0 Å². The van der Waals surface area contributed by atoms with Crippen molar-refractivity contribution < 1.29 is 14.6 Å². The van der Waals surface area contributed by atoms with Crippen molar-refractivity contribution in [3.63, 3.8) is 0 Å². The summed E-state index contributed by atoms with van der Waals surface area (Å²) in [5, 5.41) is 10.4. The van der Waals surface area contributed by atoms with Crippen LogP contribution in [-0.4, -0.2) is 67.5 Å². The van der Waals surface area contributed by atoms with E-state index in [0.29, 0.717) is 18.9 Å². The number of ether oxygens (including phenoxy) is 2. The van der Waals surface area contributed by atoms with Gasteiger partial charge in [-0.2, -0.15) is 0 Å². The van der Waals surface area contributed by atoms with Gasteiger partial charge in [0.2, 0.25) is 0 Å². The molecule has 1 atom stereocenters. The van der Waals surface area contributed by atoms with Crippen LogP contribution in [0, 0.1) is 0 Å². The van der Waals surface area contributed by atoms with Crippen LogP contribution in [0.3, 0.4) is 0 Å². The third-order valence-electron chi connectivity index (χ3n) is 5.43. The fraction of sp³-hybridized carbons (Fsp3) is 0.714. The Morgan fingerprint density at radius 2 is 1.62 bits per heavy atom. The topological polar surface area (TPSA) is 45.2 Å². The molecule has 1 aromatic carbocycles. The maximum atomic E-state index is 10.4. The number of aliphatic hydroxyl groups is 1. The van der Waals surface area contributed by atoms with Crippen molar-refractivity contribution in [2.24, 2.45) is 0 Å². The molecule has 0 saturated carbocycles.